The molecule has 0 bridgehead atoms. The number of rotatable bonds is 4. The molecule has 1 atom stereocenters. The van der Waals surface area contributed by atoms with Crippen LogP contribution in [0.2, 0.25) is 0 Å². The number of aliphatic hydroxyl groups is 1. The van der Waals surface area contributed by atoms with Crippen molar-refractivity contribution in [1.29, 1.82) is 0 Å². The Bertz CT molecular complexity index is 720. The number of amides is 2. The van der Waals surface area contributed by atoms with E-state index in [1.54, 1.807) is 6.07 Å². The van der Waals surface area contributed by atoms with Gasteiger partial charge in [0.1, 0.15) is 23.1 Å². The lowest BCUT2D eigenvalue weighted by Crippen LogP contribution is -2.41. The number of carbonyl (C=O) groups excluding carboxylic acids is 1. The minimum Gasteiger partial charge on any atom is -0.383 e. The maximum atomic E-state index is 13.7. The van der Waals surface area contributed by atoms with Gasteiger partial charge < -0.3 is 15.7 Å². The number of hydrogen-bond acceptors (Lipinski definition) is 2. The molecule has 2 amide bonds. The molecule has 4 nitrogen and oxygen atoms in total. The van der Waals surface area contributed by atoms with Crippen molar-refractivity contribution in [2.45, 2.75) is 12.5 Å². The van der Waals surface area contributed by atoms with Crippen molar-refractivity contribution in [3.8, 4) is 0 Å². The Morgan fingerprint density at radius 1 is 1.13 bits per heavy atom. The largest absolute Gasteiger partial charge is 0.383 e. The van der Waals surface area contributed by atoms with Gasteiger partial charge in [-0.15, -0.1) is 0 Å². The second kappa shape index (κ2) is 6.70. The lowest BCUT2D eigenvalue weighted by Gasteiger charge is -2.24. The number of benzene rings is 2. The monoisotopic (exact) mass is 324 g/mol. The van der Waals surface area contributed by atoms with Crippen LogP contribution in [0.15, 0.2) is 42.5 Å². The van der Waals surface area contributed by atoms with Crippen molar-refractivity contribution in [2.75, 3.05) is 11.9 Å². The van der Waals surface area contributed by atoms with E-state index in [-0.39, 0.29) is 17.8 Å². The Hall–Kier alpha value is -2.54. The van der Waals surface area contributed by atoms with Crippen molar-refractivity contribution in [3.05, 3.63) is 65.5 Å². The molecule has 1 unspecified atom stereocenters. The van der Waals surface area contributed by atoms with Crippen LogP contribution >= 0.6 is 0 Å². The van der Waals surface area contributed by atoms with Crippen LogP contribution in [0.5, 0.6) is 0 Å². The van der Waals surface area contributed by atoms with Crippen LogP contribution in [-0.2, 0) is 5.60 Å². The summed E-state index contributed by atoms with van der Waals surface area (Å²) < 4.78 is 40.0. The van der Waals surface area contributed by atoms with E-state index in [4.69, 9.17) is 0 Å². The fourth-order valence-corrected chi connectivity index (χ4v) is 2.00. The Morgan fingerprint density at radius 3 is 2.48 bits per heavy atom. The third-order valence-corrected chi connectivity index (χ3v) is 3.23. The second-order valence-electron chi connectivity index (χ2n) is 5.19. The zero-order chi connectivity index (χ0) is 17.0. The molecule has 0 saturated heterocycles. The van der Waals surface area contributed by atoms with Gasteiger partial charge in [0.15, 0.2) is 0 Å². The molecule has 0 fully saturated rings. The van der Waals surface area contributed by atoms with Gasteiger partial charge in [-0.3, -0.25) is 0 Å². The molecule has 0 aromatic heterocycles. The average Bonchev–Trinajstić information content (AvgIpc) is 2.47. The summed E-state index contributed by atoms with van der Waals surface area (Å²) in [4.78, 5) is 11.7. The number of carbonyl (C=O) groups is 1. The molecule has 0 saturated carbocycles. The number of hydrogen-bond donors (Lipinski definition) is 3. The predicted octanol–water partition coefficient (Wildman–Crippen LogP) is 3.13. The molecule has 2 rings (SSSR count). The zero-order valence-corrected chi connectivity index (χ0v) is 12.2. The first kappa shape index (κ1) is 16.8. The molecule has 0 heterocycles. The van der Waals surface area contributed by atoms with E-state index in [0.29, 0.717) is 6.07 Å². The molecule has 2 aromatic carbocycles. The third kappa shape index (κ3) is 4.23. The Balaban J connectivity index is 2.01. The maximum Gasteiger partial charge on any atom is 0.319 e. The van der Waals surface area contributed by atoms with E-state index in [0.717, 1.165) is 12.1 Å². The second-order valence-corrected chi connectivity index (χ2v) is 5.19. The van der Waals surface area contributed by atoms with Crippen molar-refractivity contribution >= 4 is 11.7 Å². The summed E-state index contributed by atoms with van der Waals surface area (Å²) in [7, 11) is 0. The molecule has 122 valence electrons. The Morgan fingerprint density at radius 2 is 1.83 bits per heavy atom. The van der Waals surface area contributed by atoms with Gasteiger partial charge in [-0.2, -0.15) is 0 Å². The molecule has 7 heteroatoms. The predicted molar refractivity (Wildman–Crippen MR) is 79.4 cm³/mol. The zero-order valence-electron chi connectivity index (χ0n) is 12.2. The Labute approximate surface area is 131 Å². The first-order valence-corrected chi connectivity index (χ1v) is 6.77. The van der Waals surface area contributed by atoms with E-state index in [2.05, 4.69) is 10.6 Å². The minimum absolute atomic E-state index is 0.0300. The summed E-state index contributed by atoms with van der Waals surface area (Å²) in [6.45, 7) is 0.919. The Kier molecular flexibility index (Phi) is 4.90. The molecular formula is C16H15F3N2O2. The SMILES string of the molecule is CC(O)(CNC(=O)Nc1ccccc1F)c1ccc(F)cc1F. The summed E-state index contributed by atoms with van der Waals surface area (Å²) in [5.74, 6) is -2.31. The number of anilines is 1. The van der Waals surface area contributed by atoms with Gasteiger partial charge in [-0.05, 0) is 25.1 Å². The van der Waals surface area contributed by atoms with Crippen LogP contribution in [0.25, 0.3) is 0 Å². The van der Waals surface area contributed by atoms with E-state index >= 15 is 0 Å². The quantitative estimate of drug-likeness (QED) is 0.809. The summed E-state index contributed by atoms with van der Waals surface area (Å²) in [5, 5.41) is 14.8. The molecule has 0 aliphatic rings. The highest BCUT2D eigenvalue weighted by molar-refractivity contribution is 5.89. The van der Waals surface area contributed by atoms with Crippen molar-refractivity contribution in [2.24, 2.45) is 0 Å². The first-order valence-electron chi connectivity index (χ1n) is 6.77. The van der Waals surface area contributed by atoms with Gasteiger partial charge in [-0.1, -0.05) is 18.2 Å². The van der Waals surface area contributed by atoms with Crippen molar-refractivity contribution in [3.63, 3.8) is 0 Å². The van der Waals surface area contributed by atoms with E-state index in [9.17, 15) is 23.1 Å². The van der Waals surface area contributed by atoms with Crippen LogP contribution in [0, 0.1) is 17.5 Å². The smallest absolute Gasteiger partial charge is 0.319 e. The van der Waals surface area contributed by atoms with Crippen molar-refractivity contribution < 1.29 is 23.1 Å². The summed E-state index contributed by atoms with van der Waals surface area (Å²) in [6.07, 6.45) is 0. The molecule has 0 aliphatic heterocycles. The number of urea groups is 1. The molecule has 0 spiro atoms. The molecule has 0 radical (unpaired) electrons. The van der Waals surface area contributed by atoms with E-state index < -0.39 is 29.1 Å². The third-order valence-electron chi connectivity index (χ3n) is 3.23. The maximum absolute atomic E-state index is 13.7. The van der Waals surface area contributed by atoms with Gasteiger partial charge in [-0.25, -0.2) is 18.0 Å². The summed E-state index contributed by atoms with van der Waals surface area (Å²) in [6, 6.07) is 7.55. The highest BCUT2D eigenvalue weighted by Gasteiger charge is 2.27. The summed E-state index contributed by atoms with van der Waals surface area (Å²) in [5.41, 5.74) is -1.95. The topological polar surface area (TPSA) is 61.4 Å². The van der Waals surface area contributed by atoms with Gasteiger partial charge in [0, 0.05) is 11.6 Å². The lowest BCUT2D eigenvalue weighted by atomic mass is 9.95. The van der Waals surface area contributed by atoms with E-state index in [1.807, 2.05) is 0 Å². The first-order chi connectivity index (χ1) is 10.8. The highest BCUT2D eigenvalue weighted by Crippen LogP contribution is 2.23. The fourth-order valence-electron chi connectivity index (χ4n) is 2.00. The number of nitrogens with one attached hydrogen (secondary N) is 2. The molecule has 2 aromatic rings. The van der Waals surface area contributed by atoms with Crippen LogP contribution in [0.3, 0.4) is 0 Å². The summed E-state index contributed by atoms with van der Waals surface area (Å²) >= 11 is 0. The van der Waals surface area contributed by atoms with Crippen LogP contribution in [0.4, 0.5) is 23.7 Å². The van der Waals surface area contributed by atoms with Gasteiger partial charge in [0.2, 0.25) is 0 Å². The average molecular weight is 324 g/mol. The van der Waals surface area contributed by atoms with Gasteiger partial charge >= 0.3 is 6.03 Å². The van der Waals surface area contributed by atoms with Crippen molar-refractivity contribution in [1.82, 2.24) is 5.32 Å². The van der Waals surface area contributed by atoms with Crippen LogP contribution < -0.4 is 10.6 Å². The normalized spacial score (nSPS) is 13.3. The highest BCUT2D eigenvalue weighted by atomic mass is 19.1. The number of halogens is 3. The van der Waals surface area contributed by atoms with Crippen LogP contribution in [0.1, 0.15) is 12.5 Å². The molecule has 3 N–H and O–H groups in total. The molecule has 23 heavy (non-hydrogen) atoms. The van der Waals surface area contributed by atoms with Gasteiger partial charge in [0.25, 0.3) is 0 Å². The minimum atomic E-state index is -1.76. The molecule has 0 aliphatic carbocycles. The molecular weight excluding hydrogens is 309 g/mol. The lowest BCUT2D eigenvalue weighted by molar-refractivity contribution is 0.0561. The number of para-hydroxylation sites is 1. The van der Waals surface area contributed by atoms with E-state index in [1.165, 1.54) is 25.1 Å². The fraction of sp³-hybridized carbons (Fsp3) is 0.188. The van der Waals surface area contributed by atoms with Crippen LogP contribution in [-0.4, -0.2) is 17.7 Å². The standard InChI is InChI=1S/C16H15F3N2O2/c1-16(23,11-7-6-10(17)8-13(11)19)9-20-15(22)21-14-5-3-2-4-12(14)18/h2-8,23H,9H2,1H3,(H2,20,21,22). The van der Waals surface area contributed by atoms with Gasteiger partial charge in [0.05, 0.1) is 12.2 Å².